The number of nitrogens with two attached hydrogens (primary N) is 1. The van der Waals surface area contributed by atoms with E-state index in [4.69, 9.17) is 5.73 Å². The highest BCUT2D eigenvalue weighted by molar-refractivity contribution is 7.15. The summed E-state index contributed by atoms with van der Waals surface area (Å²) in [5.41, 5.74) is 8.36. The van der Waals surface area contributed by atoms with Gasteiger partial charge in [-0.3, -0.25) is 0 Å². The molecule has 96 valence electrons. The number of rotatable bonds is 3. The monoisotopic (exact) mass is 264 g/mol. The Labute approximate surface area is 111 Å². The van der Waals surface area contributed by atoms with Crippen molar-refractivity contribution in [2.24, 2.45) is 0 Å². The number of anilines is 1. The molecule has 1 heterocycles. The number of hydrogen-bond donors (Lipinski definition) is 1. The van der Waals surface area contributed by atoms with Gasteiger partial charge in [0.2, 0.25) is 0 Å². The van der Waals surface area contributed by atoms with Gasteiger partial charge in [-0.2, -0.15) is 0 Å². The average molecular weight is 264 g/mol. The summed E-state index contributed by atoms with van der Waals surface area (Å²) in [6, 6.07) is 5.33. The molecule has 0 amide bonds. The molecule has 2 nitrogen and oxygen atoms in total. The van der Waals surface area contributed by atoms with Crippen molar-refractivity contribution in [3.05, 3.63) is 45.7 Å². The van der Waals surface area contributed by atoms with Crippen LogP contribution in [0.1, 0.15) is 41.5 Å². The molecule has 2 aromatic rings. The minimum absolute atomic E-state index is 0.156. The van der Waals surface area contributed by atoms with E-state index in [0.29, 0.717) is 23.0 Å². The molecule has 0 atom stereocenters. The van der Waals surface area contributed by atoms with E-state index in [0.717, 1.165) is 16.1 Å². The Morgan fingerprint density at radius 1 is 1.39 bits per heavy atom. The number of nitrogens with zero attached hydrogens (tertiary/aromatic N) is 1. The summed E-state index contributed by atoms with van der Waals surface area (Å²) in [6.45, 7) is 6.03. The zero-order valence-electron chi connectivity index (χ0n) is 10.8. The van der Waals surface area contributed by atoms with E-state index in [1.54, 1.807) is 6.07 Å². The Balaban J connectivity index is 2.33. The van der Waals surface area contributed by atoms with E-state index in [1.165, 1.54) is 11.3 Å². The van der Waals surface area contributed by atoms with Crippen LogP contribution in [0.15, 0.2) is 18.2 Å². The summed E-state index contributed by atoms with van der Waals surface area (Å²) in [6.07, 6.45) is 0.564. The lowest BCUT2D eigenvalue weighted by Gasteiger charge is -2.06. The highest BCUT2D eigenvalue weighted by Gasteiger charge is 2.14. The second-order valence-electron chi connectivity index (χ2n) is 4.79. The molecular weight excluding hydrogens is 247 g/mol. The third-order valence-corrected chi connectivity index (χ3v) is 3.75. The Hall–Kier alpha value is -1.42. The SMILES string of the molecule is Cc1ccc(Cc2sc(N)nc2C(C)C)c(F)c1. The van der Waals surface area contributed by atoms with Gasteiger partial charge in [-0.1, -0.05) is 26.0 Å². The van der Waals surface area contributed by atoms with Gasteiger partial charge in [-0.25, -0.2) is 9.37 Å². The van der Waals surface area contributed by atoms with Crippen LogP contribution in [-0.2, 0) is 6.42 Å². The van der Waals surface area contributed by atoms with E-state index in [-0.39, 0.29) is 5.82 Å². The second-order valence-corrected chi connectivity index (χ2v) is 5.90. The molecule has 0 radical (unpaired) electrons. The molecule has 0 bridgehead atoms. The van der Waals surface area contributed by atoms with E-state index >= 15 is 0 Å². The van der Waals surface area contributed by atoms with Crippen LogP contribution in [0.3, 0.4) is 0 Å². The molecule has 18 heavy (non-hydrogen) atoms. The first-order valence-corrected chi connectivity index (χ1v) is 6.79. The zero-order valence-corrected chi connectivity index (χ0v) is 11.6. The second kappa shape index (κ2) is 5.06. The Bertz CT molecular complexity index is 561. The Morgan fingerprint density at radius 2 is 2.11 bits per heavy atom. The lowest BCUT2D eigenvalue weighted by Crippen LogP contribution is -1.97. The smallest absolute Gasteiger partial charge is 0.180 e. The van der Waals surface area contributed by atoms with Crippen molar-refractivity contribution < 1.29 is 4.39 Å². The zero-order chi connectivity index (χ0) is 13.3. The van der Waals surface area contributed by atoms with Gasteiger partial charge < -0.3 is 5.73 Å². The van der Waals surface area contributed by atoms with Crippen LogP contribution < -0.4 is 5.73 Å². The summed E-state index contributed by atoms with van der Waals surface area (Å²) in [7, 11) is 0. The number of thiazole rings is 1. The highest BCUT2D eigenvalue weighted by Crippen LogP contribution is 2.29. The van der Waals surface area contributed by atoms with Crippen LogP contribution in [0.2, 0.25) is 0 Å². The van der Waals surface area contributed by atoms with Crippen molar-refractivity contribution in [3.63, 3.8) is 0 Å². The van der Waals surface area contributed by atoms with Gasteiger partial charge in [0.1, 0.15) is 5.82 Å². The lowest BCUT2D eigenvalue weighted by atomic mass is 10.0. The first-order valence-electron chi connectivity index (χ1n) is 5.97. The minimum atomic E-state index is -0.156. The van der Waals surface area contributed by atoms with Crippen molar-refractivity contribution in [1.29, 1.82) is 0 Å². The Morgan fingerprint density at radius 3 is 2.72 bits per heavy atom. The number of halogens is 1. The average Bonchev–Trinajstić information content (AvgIpc) is 2.64. The summed E-state index contributed by atoms with van der Waals surface area (Å²) in [5, 5.41) is 0.557. The van der Waals surface area contributed by atoms with Crippen molar-refractivity contribution in [3.8, 4) is 0 Å². The third-order valence-electron chi connectivity index (χ3n) is 2.85. The van der Waals surface area contributed by atoms with Gasteiger partial charge in [0.25, 0.3) is 0 Å². The standard InChI is InChI=1S/C14H17FN2S/c1-8(2)13-12(18-14(16)17-13)7-10-5-4-9(3)6-11(10)15/h4-6,8H,7H2,1-3H3,(H2,16,17). The van der Waals surface area contributed by atoms with Crippen LogP contribution in [0.25, 0.3) is 0 Å². The molecule has 1 aromatic carbocycles. The lowest BCUT2D eigenvalue weighted by molar-refractivity contribution is 0.612. The molecule has 1 aromatic heterocycles. The molecule has 2 N–H and O–H groups in total. The van der Waals surface area contributed by atoms with Crippen molar-refractivity contribution in [2.75, 3.05) is 5.73 Å². The molecule has 0 aliphatic carbocycles. The number of aryl methyl sites for hydroxylation is 1. The molecule has 0 saturated carbocycles. The molecule has 2 rings (SSSR count). The maximum absolute atomic E-state index is 13.8. The summed E-state index contributed by atoms with van der Waals surface area (Å²) < 4.78 is 13.8. The quantitative estimate of drug-likeness (QED) is 0.913. The number of hydrogen-bond acceptors (Lipinski definition) is 3. The van der Waals surface area contributed by atoms with Crippen LogP contribution >= 0.6 is 11.3 Å². The molecule has 0 aliphatic rings. The third kappa shape index (κ3) is 2.70. The van der Waals surface area contributed by atoms with Crippen molar-refractivity contribution >= 4 is 16.5 Å². The molecule has 0 aliphatic heterocycles. The van der Waals surface area contributed by atoms with Gasteiger partial charge in [-0.15, -0.1) is 11.3 Å². The van der Waals surface area contributed by atoms with Crippen LogP contribution in [-0.4, -0.2) is 4.98 Å². The first kappa shape index (κ1) is 13.0. The highest BCUT2D eigenvalue weighted by atomic mass is 32.1. The topological polar surface area (TPSA) is 38.9 Å². The molecule has 0 fully saturated rings. The van der Waals surface area contributed by atoms with E-state index in [1.807, 2.05) is 19.1 Å². The van der Waals surface area contributed by atoms with Crippen molar-refractivity contribution in [2.45, 2.75) is 33.1 Å². The Kier molecular flexibility index (Phi) is 3.66. The van der Waals surface area contributed by atoms with E-state index < -0.39 is 0 Å². The molecule has 0 unspecified atom stereocenters. The maximum atomic E-state index is 13.8. The minimum Gasteiger partial charge on any atom is -0.375 e. The van der Waals surface area contributed by atoms with E-state index in [9.17, 15) is 4.39 Å². The summed E-state index contributed by atoms with van der Waals surface area (Å²) in [4.78, 5) is 5.39. The fourth-order valence-electron chi connectivity index (χ4n) is 1.93. The van der Waals surface area contributed by atoms with Gasteiger partial charge in [-0.05, 0) is 30.0 Å². The normalized spacial score (nSPS) is 11.2. The number of aromatic nitrogens is 1. The first-order chi connectivity index (χ1) is 8.47. The molecule has 0 spiro atoms. The van der Waals surface area contributed by atoms with Gasteiger partial charge >= 0.3 is 0 Å². The fraction of sp³-hybridized carbons (Fsp3) is 0.357. The molecule has 0 saturated heterocycles. The van der Waals surface area contributed by atoms with Gasteiger partial charge in [0.05, 0.1) is 5.69 Å². The van der Waals surface area contributed by atoms with Gasteiger partial charge in [0, 0.05) is 11.3 Å². The predicted octanol–water partition coefficient (Wildman–Crippen LogP) is 3.89. The molecule has 4 heteroatoms. The number of benzene rings is 1. The summed E-state index contributed by atoms with van der Waals surface area (Å²) in [5.74, 6) is 0.152. The number of nitrogen functional groups attached to an aromatic ring is 1. The largest absolute Gasteiger partial charge is 0.375 e. The van der Waals surface area contributed by atoms with Crippen LogP contribution in [0.4, 0.5) is 9.52 Å². The van der Waals surface area contributed by atoms with Gasteiger partial charge in [0.15, 0.2) is 5.13 Å². The summed E-state index contributed by atoms with van der Waals surface area (Å²) >= 11 is 1.45. The predicted molar refractivity (Wildman–Crippen MR) is 74.6 cm³/mol. The van der Waals surface area contributed by atoms with E-state index in [2.05, 4.69) is 18.8 Å². The van der Waals surface area contributed by atoms with Crippen LogP contribution in [0, 0.1) is 12.7 Å². The maximum Gasteiger partial charge on any atom is 0.180 e. The van der Waals surface area contributed by atoms with Crippen LogP contribution in [0.5, 0.6) is 0 Å². The van der Waals surface area contributed by atoms with Crippen molar-refractivity contribution in [1.82, 2.24) is 4.98 Å². The molecular formula is C14H17FN2S. The fourth-order valence-corrected chi connectivity index (χ4v) is 2.94.